The van der Waals surface area contributed by atoms with E-state index in [0.717, 1.165) is 11.8 Å². The lowest BCUT2D eigenvalue weighted by atomic mass is 9.84. The fraction of sp³-hybridized carbons (Fsp3) is 1.00. The minimum absolute atomic E-state index is 0.610. The van der Waals surface area contributed by atoms with Crippen molar-refractivity contribution < 1.29 is 0 Å². The molecule has 3 unspecified atom stereocenters. The molecule has 2 nitrogen and oxygen atoms in total. The summed E-state index contributed by atoms with van der Waals surface area (Å²) >= 11 is 0. The number of hydrogen-bond donors (Lipinski definition) is 1. The van der Waals surface area contributed by atoms with Gasteiger partial charge >= 0.3 is 0 Å². The Morgan fingerprint density at radius 1 is 1.25 bits per heavy atom. The van der Waals surface area contributed by atoms with E-state index < -0.39 is 0 Å². The first-order valence-electron chi connectivity index (χ1n) is 7.24. The van der Waals surface area contributed by atoms with E-state index in [1.54, 1.807) is 0 Å². The summed E-state index contributed by atoms with van der Waals surface area (Å²) < 4.78 is 0. The first-order chi connectivity index (χ1) is 7.81. The van der Waals surface area contributed by atoms with Gasteiger partial charge in [-0.25, -0.2) is 0 Å². The molecule has 16 heavy (non-hydrogen) atoms. The van der Waals surface area contributed by atoms with Crippen LogP contribution in [0.1, 0.15) is 39.0 Å². The van der Waals surface area contributed by atoms with Crippen molar-refractivity contribution in [2.24, 2.45) is 17.3 Å². The van der Waals surface area contributed by atoms with Crippen LogP contribution >= 0.6 is 0 Å². The van der Waals surface area contributed by atoms with E-state index in [-0.39, 0.29) is 0 Å². The molecule has 2 aliphatic heterocycles. The maximum atomic E-state index is 3.56. The van der Waals surface area contributed by atoms with E-state index in [1.165, 1.54) is 64.8 Å². The van der Waals surface area contributed by atoms with Gasteiger partial charge in [-0.15, -0.1) is 0 Å². The Labute approximate surface area is 99.8 Å². The third-order valence-electron chi connectivity index (χ3n) is 5.44. The summed E-state index contributed by atoms with van der Waals surface area (Å²) in [6.45, 7) is 9.07. The summed E-state index contributed by atoms with van der Waals surface area (Å²) in [6.07, 6.45) is 7.28. The fourth-order valence-electron chi connectivity index (χ4n) is 4.28. The molecule has 0 aromatic carbocycles. The van der Waals surface area contributed by atoms with Crippen molar-refractivity contribution in [3.8, 4) is 0 Å². The van der Waals surface area contributed by atoms with Crippen molar-refractivity contribution in [1.82, 2.24) is 10.2 Å². The van der Waals surface area contributed by atoms with Gasteiger partial charge in [0.05, 0.1) is 0 Å². The molecule has 3 rings (SSSR count). The molecule has 1 aliphatic carbocycles. The van der Waals surface area contributed by atoms with Crippen LogP contribution in [0.4, 0.5) is 0 Å². The normalized spacial score (nSPS) is 44.1. The van der Waals surface area contributed by atoms with Gasteiger partial charge in [-0.1, -0.05) is 13.3 Å². The zero-order chi connectivity index (χ0) is 11.0. The molecule has 3 atom stereocenters. The maximum Gasteiger partial charge on any atom is 0.00508 e. The average Bonchev–Trinajstić information content (AvgIpc) is 2.93. The predicted molar refractivity (Wildman–Crippen MR) is 67.5 cm³/mol. The van der Waals surface area contributed by atoms with Crippen molar-refractivity contribution in [2.75, 3.05) is 32.7 Å². The van der Waals surface area contributed by atoms with E-state index in [4.69, 9.17) is 0 Å². The lowest BCUT2D eigenvalue weighted by Gasteiger charge is -2.32. The number of likely N-dealkylation sites (tertiary alicyclic amines) is 1. The minimum atomic E-state index is 0.610. The highest BCUT2D eigenvalue weighted by Crippen LogP contribution is 2.40. The Bertz CT molecular complexity index is 233. The standard InChI is InChI=1S/C14H26N2/c1-2-14(6-7-15-10-14)11-16-8-12-4-3-5-13(12)9-16/h12-13,15H,2-11H2,1H3. The fourth-order valence-corrected chi connectivity index (χ4v) is 4.28. The van der Waals surface area contributed by atoms with Crippen LogP contribution < -0.4 is 5.32 Å². The van der Waals surface area contributed by atoms with Gasteiger partial charge in [0.15, 0.2) is 0 Å². The zero-order valence-corrected chi connectivity index (χ0v) is 10.7. The highest BCUT2D eigenvalue weighted by Gasteiger charge is 2.40. The van der Waals surface area contributed by atoms with Crippen LogP contribution in [0, 0.1) is 17.3 Å². The summed E-state index contributed by atoms with van der Waals surface area (Å²) in [6, 6.07) is 0. The summed E-state index contributed by atoms with van der Waals surface area (Å²) in [5.74, 6) is 2.12. The number of rotatable bonds is 3. The van der Waals surface area contributed by atoms with Gasteiger partial charge < -0.3 is 10.2 Å². The summed E-state index contributed by atoms with van der Waals surface area (Å²) in [5, 5.41) is 3.56. The quantitative estimate of drug-likeness (QED) is 0.787. The molecule has 0 radical (unpaired) electrons. The molecule has 2 heterocycles. The van der Waals surface area contributed by atoms with Crippen LogP contribution in [-0.4, -0.2) is 37.6 Å². The van der Waals surface area contributed by atoms with Gasteiger partial charge in [0, 0.05) is 26.2 Å². The molecule has 3 fully saturated rings. The van der Waals surface area contributed by atoms with Gasteiger partial charge in [0.25, 0.3) is 0 Å². The van der Waals surface area contributed by atoms with Crippen molar-refractivity contribution in [3.63, 3.8) is 0 Å². The van der Waals surface area contributed by atoms with Gasteiger partial charge in [-0.05, 0) is 49.5 Å². The van der Waals surface area contributed by atoms with Crippen molar-refractivity contribution in [1.29, 1.82) is 0 Å². The van der Waals surface area contributed by atoms with Crippen LogP contribution in [0.25, 0.3) is 0 Å². The minimum Gasteiger partial charge on any atom is -0.316 e. The van der Waals surface area contributed by atoms with E-state index in [9.17, 15) is 0 Å². The van der Waals surface area contributed by atoms with Crippen molar-refractivity contribution >= 4 is 0 Å². The van der Waals surface area contributed by atoms with Crippen molar-refractivity contribution in [3.05, 3.63) is 0 Å². The molecule has 3 aliphatic rings. The van der Waals surface area contributed by atoms with Crippen LogP contribution in [-0.2, 0) is 0 Å². The second kappa shape index (κ2) is 4.30. The zero-order valence-electron chi connectivity index (χ0n) is 10.7. The smallest absolute Gasteiger partial charge is 0.00508 e. The third kappa shape index (κ3) is 1.91. The molecule has 92 valence electrons. The Balaban J connectivity index is 1.59. The van der Waals surface area contributed by atoms with E-state index in [1.807, 2.05) is 0 Å². The van der Waals surface area contributed by atoms with Crippen LogP contribution in [0.5, 0.6) is 0 Å². The average molecular weight is 222 g/mol. The second-order valence-corrected chi connectivity index (χ2v) is 6.43. The monoisotopic (exact) mass is 222 g/mol. The lowest BCUT2D eigenvalue weighted by Crippen LogP contribution is -2.38. The molecule has 0 aromatic heterocycles. The van der Waals surface area contributed by atoms with Gasteiger partial charge in [0.2, 0.25) is 0 Å². The number of nitrogens with zero attached hydrogens (tertiary/aromatic N) is 1. The SMILES string of the molecule is CCC1(CN2CC3CCCC3C2)CCNC1. The Hall–Kier alpha value is -0.0800. The molecule has 0 amide bonds. The highest BCUT2D eigenvalue weighted by atomic mass is 15.2. The van der Waals surface area contributed by atoms with E-state index >= 15 is 0 Å². The second-order valence-electron chi connectivity index (χ2n) is 6.43. The maximum absolute atomic E-state index is 3.56. The lowest BCUT2D eigenvalue weighted by molar-refractivity contribution is 0.175. The molecule has 1 saturated carbocycles. The molecular formula is C14H26N2. The summed E-state index contributed by atoms with van der Waals surface area (Å²) in [5.41, 5.74) is 0.610. The summed E-state index contributed by atoms with van der Waals surface area (Å²) in [4.78, 5) is 2.78. The molecule has 0 aromatic rings. The molecule has 0 bridgehead atoms. The number of fused-ring (bicyclic) bond motifs is 1. The first kappa shape index (κ1) is 11.0. The predicted octanol–water partition coefficient (Wildman–Crippen LogP) is 2.11. The highest BCUT2D eigenvalue weighted by molar-refractivity contribution is 4.94. The van der Waals surface area contributed by atoms with Gasteiger partial charge in [-0.2, -0.15) is 0 Å². The molecule has 1 N–H and O–H groups in total. The van der Waals surface area contributed by atoms with E-state index in [0.29, 0.717) is 5.41 Å². The number of nitrogens with one attached hydrogen (secondary N) is 1. The Kier molecular flexibility index (Phi) is 2.97. The van der Waals surface area contributed by atoms with Crippen molar-refractivity contribution in [2.45, 2.75) is 39.0 Å². The molecule has 2 saturated heterocycles. The molecule has 0 spiro atoms. The largest absolute Gasteiger partial charge is 0.316 e. The number of hydrogen-bond acceptors (Lipinski definition) is 2. The van der Waals surface area contributed by atoms with Gasteiger partial charge in [0.1, 0.15) is 0 Å². The first-order valence-corrected chi connectivity index (χ1v) is 7.24. The van der Waals surface area contributed by atoms with Gasteiger partial charge in [-0.3, -0.25) is 0 Å². The topological polar surface area (TPSA) is 15.3 Å². The summed E-state index contributed by atoms with van der Waals surface area (Å²) in [7, 11) is 0. The molecular weight excluding hydrogens is 196 g/mol. The third-order valence-corrected chi connectivity index (χ3v) is 5.44. The Morgan fingerprint density at radius 3 is 2.56 bits per heavy atom. The van der Waals surface area contributed by atoms with Crippen LogP contribution in [0.2, 0.25) is 0 Å². The Morgan fingerprint density at radius 2 is 2.00 bits per heavy atom. The molecule has 2 heteroatoms. The van der Waals surface area contributed by atoms with Crippen LogP contribution in [0.3, 0.4) is 0 Å². The van der Waals surface area contributed by atoms with Crippen LogP contribution in [0.15, 0.2) is 0 Å². The van der Waals surface area contributed by atoms with E-state index in [2.05, 4.69) is 17.1 Å².